The maximum absolute atomic E-state index is 12.1. The number of hydrogen-bond donors (Lipinski definition) is 4. The first-order valence-electron chi connectivity index (χ1n) is 6.40. The Balaban J connectivity index is 1.73. The molecule has 0 atom stereocenters. The molecule has 8 heteroatoms. The van der Waals surface area contributed by atoms with Crippen LogP contribution in [0, 0.1) is 0 Å². The number of hydrogen-bond acceptors (Lipinski definition) is 5. The van der Waals surface area contributed by atoms with E-state index in [0.717, 1.165) is 10.9 Å². The fourth-order valence-corrected chi connectivity index (χ4v) is 2.02. The summed E-state index contributed by atoms with van der Waals surface area (Å²) in [6, 6.07) is 7.35. The second-order valence-corrected chi connectivity index (χ2v) is 4.45. The van der Waals surface area contributed by atoms with Crippen molar-refractivity contribution in [1.82, 2.24) is 25.8 Å². The SMILES string of the molecule is Nc1nccnc1C(=O)NNC(=O)c1c[nH]c2ccccc12. The van der Waals surface area contributed by atoms with Crippen molar-refractivity contribution in [3.05, 3.63) is 54.1 Å². The van der Waals surface area contributed by atoms with Gasteiger partial charge in [-0.15, -0.1) is 0 Å². The lowest BCUT2D eigenvalue weighted by Crippen LogP contribution is -2.42. The van der Waals surface area contributed by atoms with Crippen molar-refractivity contribution >= 4 is 28.5 Å². The van der Waals surface area contributed by atoms with Crippen LogP contribution < -0.4 is 16.6 Å². The zero-order valence-corrected chi connectivity index (χ0v) is 11.3. The highest BCUT2D eigenvalue weighted by atomic mass is 16.2. The second kappa shape index (κ2) is 5.52. The van der Waals surface area contributed by atoms with Crippen molar-refractivity contribution in [2.45, 2.75) is 0 Å². The third kappa shape index (κ3) is 2.44. The highest BCUT2D eigenvalue weighted by Crippen LogP contribution is 2.17. The standard InChI is InChI=1S/C14H12N6O2/c15-12-11(16-5-6-17-12)14(22)20-19-13(21)9-7-18-10-4-2-1-3-8(9)10/h1-7,18H,(H2,15,17)(H,19,21)(H,20,22). The predicted octanol–water partition coefficient (Wildman–Crippen LogP) is 0.615. The van der Waals surface area contributed by atoms with Crippen LogP contribution in [0.25, 0.3) is 10.9 Å². The van der Waals surface area contributed by atoms with Crippen LogP contribution in [0.1, 0.15) is 20.8 Å². The molecule has 2 heterocycles. The van der Waals surface area contributed by atoms with Gasteiger partial charge >= 0.3 is 0 Å². The van der Waals surface area contributed by atoms with Crippen LogP contribution in [0.15, 0.2) is 42.9 Å². The number of rotatable bonds is 2. The number of carbonyl (C=O) groups is 2. The van der Waals surface area contributed by atoms with Crippen molar-refractivity contribution in [1.29, 1.82) is 0 Å². The molecule has 0 saturated carbocycles. The molecule has 22 heavy (non-hydrogen) atoms. The molecular formula is C14H12N6O2. The first kappa shape index (κ1) is 13.6. The molecule has 2 aromatic heterocycles. The first-order valence-corrected chi connectivity index (χ1v) is 6.40. The summed E-state index contributed by atoms with van der Waals surface area (Å²) in [6.45, 7) is 0. The first-order chi connectivity index (χ1) is 10.7. The summed E-state index contributed by atoms with van der Waals surface area (Å²) >= 11 is 0. The van der Waals surface area contributed by atoms with Crippen LogP contribution in [0.5, 0.6) is 0 Å². The van der Waals surface area contributed by atoms with Crippen LogP contribution in [0.4, 0.5) is 5.82 Å². The summed E-state index contributed by atoms with van der Waals surface area (Å²) in [5.41, 5.74) is 11.3. The van der Waals surface area contributed by atoms with Gasteiger partial charge in [0, 0.05) is 29.5 Å². The number of aromatic nitrogens is 3. The van der Waals surface area contributed by atoms with Gasteiger partial charge < -0.3 is 10.7 Å². The molecule has 8 nitrogen and oxygen atoms in total. The van der Waals surface area contributed by atoms with E-state index >= 15 is 0 Å². The molecule has 110 valence electrons. The number of carbonyl (C=O) groups excluding carboxylic acids is 2. The Morgan fingerprint density at radius 2 is 1.77 bits per heavy atom. The summed E-state index contributed by atoms with van der Waals surface area (Å²) in [5.74, 6) is -1.10. The number of para-hydroxylation sites is 1. The molecule has 0 bridgehead atoms. The number of hydrazine groups is 1. The molecule has 2 amide bonds. The number of nitrogens with two attached hydrogens (primary N) is 1. The van der Waals surface area contributed by atoms with Crippen LogP contribution in [0.2, 0.25) is 0 Å². The molecule has 0 spiro atoms. The van der Waals surface area contributed by atoms with Gasteiger partial charge in [-0.05, 0) is 6.07 Å². The van der Waals surface area contributed by atoms with Crippen molar-refractivity contribution in [3.63, 3.8) is 0 Å². The molecule has 0 fully saturated rings. The smallest absolute Gasteiger partial charge is 0.292 e. The van der Waals surface area contributed by atoms with E-state index in [1.54, 1.807) is 6.20 Å². The zero-order chi connectivity index (χ0) is 15.5. The average molecular weight is 296 g/mol. The zero-order valence-electron chi connectivity index (χ0n) is 11.3. The van der Waals surface area contributed by atoms with E-state index < -0.39 is 11.8 Å². The monoisotopic (exact) mass is 296 g/mol. The number of benzene rings is 1. The number of aromatic amines is 1. The van der Waals surface area contributed by atoms with Gasteiger partial charge in [-0.3, -0.25) is 20.4 Å². The number of nitrogens with one attached hydrogen (secondary N) is 3. The number of amides is 2. The average Bonchev–Trinajstić information content (AvgIpc) is 2.97. The topological polar surface area (TPSA) is 126 Å². The van der Waals surface area contributed by atoms with Gasteiger partial charge in [0.1, 0.15) is 0 Å². The minimum absolute atomic E-state index is 0.0126. The van der Waals surface area contributed by atoms with Gasteiger partial charge in [0.05, 0.1) is 5.56 Å². The molecule has 0 unspecified atom stereocenters. The number of H-pyrrole nitrogens is 1. The molecule has 0 aliphatic rings. The molecule has 0 saturated heterocycles. The largest absolute Gasteiger partial charge is 0.382 e. The lowest BCUT2D eigenvalue weighted by Gasteiger charge is -2.07. The Morgan fingerprint density at radius 1 is 1.05 bits per heavy atom. The minimum atomic E-state index is -0.640. The lowest BCUT2D eigenvalue weighted by molar-refractivity contribution is 0.0845. The molecule has 0 aliphatic heterocycles. The number of anilines is 1. The summed E-state index contributed by atoms with van der Waals surface area (Å²) < 4.78 is 0. The number of nitrogens with zero attached hydrogens (tertiary/aromatic N) is 2. The molecule has 1 aromatic carbocycles. The molecule has 5 N–H and O–H groups in total. The second-order valence-electron chi connectivity index (χ2n) is 4.45. The van der Waals surface area contributed by atoms with Crippen LogP contribution in [0.3, 0.4) is 0 Å². The molecule has 3 aromatic rings. The van der Waals surface area contributed by atoms with E-state index in [9.17, 15) is 9.59 Å². The predicted molar refractivity (Wildman–Crippen MR) is 79.7 cm³/mol. The van der Waals surface area contributed by atoms with Gasteiger partial charge in [0.2, 0.25) is 0 Å². The fraction of sp³-hybridized carbons (Fsp3) is 0. The lowest BCUT2D eigenvalue weighted by atomic mass is 10.2. The Kier molecular flexibility index (Phi) is 3.40. The molecule has 0 radical (unpaired) electrons. The third-order valence-corrected chi connectivity index (χ3v) is 3.07. The summed E-state index contributed by atoms with van der Waals surface area (Å²) in [6.07, 6.45) is 4.28. The van der Waals surface area contributed by atoms with Crippen molar-refractivity contribution < 1.29 is 9.59 Å². The van der Waals surface area contributed by atoms with Crippen molar-refractivity contribution in [2.75, 3.05) is 5.73 Å². The van der Waals surface area contributed by atoms with Crippen molar-refractivity contribution in [2.24, 2.45) is 0 Å². The van der Waals surface area contributed by atoms with E-state index in [-0.39, 0.29) is 11.5 Å². The van der Waals surface area contributed by atoms with Gasteiger partial charge in [-0.1, -0.05) is 18.2 Å². The normalized spacial score (nSPS) is 10.4. The Hall–Kier alpha value is -3.42. The summed E-state index contributed by atoms with van der Waals surface area (Å²) in [7, 11) is 0. The van der Waals surface area contributed by atoms with Crippen molar-refractivity contribution in [3.8, 4) is 0 Å². The maximum Gasteiger partial charge on any atom is 0.292 e. The van der Waals surface area contributed by atoms with E-state index in [1.165, 1.54) is 12.4 Å². The summed E-state index contributed by atoms with van der Waals surface area (Å²) in [4.78, 5) is 34.6. The van der Waals surface area contributed by atoms with Gasteiger partial charge in [0.25, 0.3) is 11.8 Å². The van der Waals surface area contributed by atoms with Crippen LogP contribution in [-0.4, -0.2) is 26.8 Å². The molecular weight excluding hydrogens is 284 g/mol. The highest BCUT2D eigenvalue weighted by molar-refractivity contribution is 6.07. The maximum atomic E-state index is 12.1. The number of fused-ring (bicyclic) bond motifs is 1. The van der Waals surface area contributed by atoms with Gasteiger partial charge in [0.15, 0.2) is 11.5 Å². The summed E-state index contributed by atoms with van der Waals surface area (Å²) in [5, 5.41) is 0.758. The van der Waals surface area contributed by atoms with Crippen LogP contribution >= 0.6 is 0 Å². The Morgan fingerprint density at radius 3 is 2.59 bits per heavy atom. The Bertz CT molecular complexity index is 857. The van der Waals surface area contributed by atoms with Gasteiger partial charge in [-0.25, -0.2) is 9.97 Å². The molecule has 0 aliphatic carbocycles. The van der Waals surface area contributed by atoms with E-state index in [1.807, 2.05) is 24.3 Å². The van der Waals surface area contributed by atoms with E-state index in [0.29, 0.717) is 5.56 Å². The quantitative estimate of drug-likeness (QED) is 0.516. The van der Waals surface area contributed by atoms with E-state index in [4.69, 9.17) is 5.73 Å². The number of nitrogen functional groups attached to an aromatic ring is 1. The minimum Gasteiger partial charge on any atom is -0.382 e. The third-order valence-electron chi connectivity index (χ3n) is 3.07. The highest BCUT2D eigenvalue weighted by Gasteiger charge is 2.15. The molecule has 3 rings (SSSR count). The Labute approximate surface area is 124 Å². The van der Waals surface area contributed by atoms with Gasteiger partial charge in [-0.2, -0.15) is 0 Å². The van der Waals surface area contributed by atoms with Crippen LogP contribution in [-0.2, 0) is 0 Å². The fourth-order valence-electron chi connectivity index (χ4n) is 2.02. The van der Waals surface area contributed by atoms with E-state index in [2.05, 4.69) is 25.8 Å².